The Bertz CT molecular complexity index is 701. The van der Waals surface area contributed by atoms with Crippen LogP contribution in [0.4, 0.5) is 11.4 Å². The quantitative estimate of drug-likeness (QED) is 0.857. The smallest absolute Gasteiger partial charge is 0.255 e. The van der Waals surface area contributed by atoms with Crippen LogP contribution >= 0.6 is 0 Å². The number of nitrogens with zero attached hydrogens (tertiary/aromatic N) is 2. The molecule has 1 saturated heterocycles. The third kappa shape index (κ3) is 4.59. The number of benzene rings is 1. The molecule has 0 spiro atoms. The van der Waals surface area contributed by atoms with Crippen LogP contribution in [0.25, 0.3) is 0 Å². The summed E-state index contributed by atoms with van der Waals surface area (Å²) in [6, 6.07) is 10.3. The second-order valence-corrected chi connectivity index (χ2v) is 7.07. The summed E-state index contributed by atoms with van der Waals surface area (Å²) in [5, 5.41) is 3.35. The fourth-order valence-corrected chi connectivity index (χ4v) is 3.20. The van der Waals surface area contributed by atoms with Crippen molar-refractivity contribution in [2.24, 2.45) is 0 Å². The molecule has 1 amide bonds. The molecule has 132 valence electrons. The van der Waals surface area contributed by atoms with Crippen molar-refractivity contribution in [3.8, 4) is 0 Å². The minimum Gasteiger partial charge on any atom is -0.354 e. The SMILES string of the molecule is CC(C)c1ccc(Nc2cncc(C(=O)N3CCCCCC3)c2)cc1. The lowest BCUT2D eigenvalue weighted by Gasteiger charge is -2.20. The first-order valence-corrected chi connectivity index (χ1v) is 9.25. The van der Waals surface area contributed by atoms with Crippen molar-refractivity contribution in [3.05, 3.63) is 53.9 Å². The highest BCUT2D eigenvalue weighted by Crippen LogP contribution is 2.21. The lowest BCUT2D eigenvalue weighted by atomic mass is 10.0. The maximum atomic E-state index is 12.7. The molecular weight excluding hydrogens is 310 g/mol. The molecule has 0 saturated carbocycles. The lowest BCUT2D eigenvalue weighted by Crippen LogP contribution is -2.31. The molecule has 0 radical (unpaired) electrons. The van der Waals surface area contributed by atoms with Crippen LogP contribution in [-0.4, -0.2) is 28.9 Å². The molecule has 0 atom stereocenters. The summed E-state index contributed by atoms with van der Waals surface area (Å²) in [7, 11) is 0. The Labute approximate surface area is 150 Å². The monoisotopic (exact) mass is 337 g/mol. The Kier molecular flexibility index (Phi) is 5.69. The number of hydrogen-bond acceptors (Lipinski definition) is 3. The average molecular weight is 337 g/mol. The molecule has 2 heterocycles. The standard InChI is InChI=1S/C21H27N3O/c1-16(2)17-7-9-19(10-8-17)23-20-13-18(14-22-15-20)21(25)24-11-5-3-4-6-12-24/h7-10,13-16,23H,3-6,11-12H2,1-2H3. The van der Waals surface area contributed by atoms with E-state index in [0.29, 0.717) is 11.5 Å². The van der Waals surface area contributed by atoms with Crippen LogP contribution in [0.1, 0.15) is 61.4 Å². The number of carbonyl (C=O) groups is 1. The molecule has 2 aromatic rings. The van der Waals surface area contributed by atoms with E-state index in [1.165, 1.54) is 18.4 Å². The van der Waals surface area contributed by atoms with Gasteiger partial charge in [-0.25, -0.2) is 0 Å². The second-order valence-electron chi connectivity index (χ2n) is 7.07. The van der Waals surface area contributed by atoms with E-state index >= 15 is 0 Å². The van der Waals surface area contributed by atoms with Crippen LogP contribution in [0.15, 0.2) is 42.7 Å². The Morgan fingerprint density at radius 1 is 1.00 bits per heavy atom. The van der Waals surface area contributed by atoms with Crippen LogP contribution < -0.4 is 5.32 Å². The Morgan fingerprint density at radius 3 is 2.32 bits per heavy atom. The highest BCUT2D eigenvalue weighted by molar-refractivity contribution is 5.95. The van der Waals surface area contributed by atoms with Crippen molar-refractivity contribution in [3.63, 3.8) is 0 Å². The molecule has 4 nitrogen and oxygen atoms in total. The molecule has 0 aliphatic carbocycles. The van der Waals surface area contributed by atoms with E-state index in [1.807, 2.05) is 11.0 Å². The van der Waals surface area contributed by atoms with Crippen LogP contribution in [0.2, 0.25) is 0 Å². The first-order valence-electron chi connectivity index (χ1n) is 9.25. The first-order chi connectivity index (χ1) is 12.1. The van der Waals surface area contributed by atoms with Crippen molar-refractivity contribution < 1.29 is 4.79 Å². The van der Waals surface area contributed by atoms with Gasteiger partial charge in [-0.15, -0.1) is 0 Å². The van der Waals surface area contributed by atoms with E-state index in [1.54, 1.807) is 12.4 Å². The van der Waals surface area contributed by atoms with E-state index in [4.69, 9.17) is 0 Å². The molecule has 0 bridgehead atoms. The second kappa shape index (κ2) is 8.15. The van der Waals surface area contributed by atoms with Gasteiger partial charge in [0.2, 0.25) is 0 Å². The first kappa shape index (κ1) is 17.5. The summed E-state index contributed by atoms with van der Waals surface area (Å²) in [5.41, 5.74) is 3.82. The van der Waals surface area contributed by atoms with Gasteiger partial charge in [-0.1, -0.05) is 38.8 Å². The molecule has 3 rings (SSSR count). The minimum absolute atomic E-state index is 0.0909. The van der Waals surface area contributed by atoms with Crippen LogP contribution in [0.5, 0.6) is 0 Å². The van der Waals surface area contributed by atoms with E-state index in [-0.39, 0.29) is 5.91 Å². The number of carbonyl (C=O) groups excluding carboxylic acids is 1. The number of pyridine rings is 1. The third-order valence-electron chi connectivity index (χ3n) is 4.74. The summed E-state index contributed by atoms with van der Waals surface area (Å²) in [6.07, 6.45) is 8.06. The van der Waals surface area contributed by atoms with Gasteiger partial charge in [0.05, 0.1) is 17.4 Å². The Balaban J connectivity index is 1.71. The van der Waals surface area contributed by atoms with Crippen molar-refractivity contribution in [2.75, 3.05) is 18.4 Å². The fourth-order valence-electron chi connectivity index (χ4n) is 3.20. The van der Waals surface area contributed by atoms with Crippen LogP contribution in [0, 0.1) is 0 Å². The van der Waals surface area contributed by atoms with Gasteiger partial charge in [0.1, 0.15) is 0 Å². The fraction of sp³-hybridized carbons (Fsp3) is 0.429. The molecule has 0 unspecified atom stereocenters. The van der Waals surface area contributed by atoms with Gasteiger partial charge < -0.3 is 10.2 Å². The summed E-state index contributed by atoms with van der Waals surface area (Å²) in [4.78, 5) is 19.0. The zero-order valence-electron chi connectivity index (χ0n) is 15.2. The van der Waals surface area contributed by atoms with Gasteiger partial charge in [-0.3, -0.25) is 9.78 Å². The molecule has 1 aromatic heterocycles. The lowest BCUT2D eigenvalue weighted by molar-refractivity contribution is 0.0761. The van der Waals surface area contributed by atoms with Crippen LogP contribution in [0.3, 0.4) is 0 Å². The summed E-state index contributed by atoms with van der Waals surface area (Å²) in [5.74, 6) is 0.610. The average Bonchev–Trinajstić information content (AvgIpc) is 2.91. The topological polar surface area (TPSA) is 45.2 Å². The van der Waals surface area contributed by atoms with Gasteiger partial charge >= 0.3 is 0 Å². The predicted octanol–water partition coefficient (Wildman–Crippen LogP) is 4.96. The summed E-state index contributed by atoms with van der Waals surface area (Å²) < 4.78 is 0. The molecule has 25 heavy (non-hydrogen) atoms. The highest BCUT2D eigenvalue weighted by atomic mass is 16.2. The predicted molar refractivity (Wildman–Crippen MR) is 102 cm³/mol. The zero-order chi connectivity index (χ0) is 17.6. The van der Waals surface area contributed by atoms with Crippen LogP contribution in [-0.2, 0) is 0 Å². The maximum Gasteiger partial charge on any atom is 0.255 e. The molecule has 4 heteroatoms. The van der Waals surface area contributed by atoms with Crippen molar-refractivity contribution in [1.82, 2.24) is 9.88 Å². The van der Waals surface area contributed by atoms with Gasteiger partial charge in [0.25, 0.3) is 5.91 Å². The molecular formula is C21H27N3O. The van der Waals surface area contributed by atoms with Crippen molar-refractivity contribution in [2.45, 2.75) is 45.4 Å². The third-order valence-corrected chi connectivity index (χ3v) is 4.74. The van der Waals surface area contributed by atoms with Crippen molar-refractivity contribution in [1.29, 1.82) is 0 Å². The Morgan fingerprint density at radius 2 is 1.68 bits per heavy atom. The van der Waals surface area contributed by atoms with E-state index in [0.717, 1.165) is 37.3 Å². The molecule has 1 N–H and O–H groups in total. The highest BCUT2D eigenvalue weighted by Gasteiger charge is 2.17. The summed E-state index contributed by atoms with van der Waals surface area (Å²) in [6.45, 7) is 6.08. The number of aromatic nitrogens is 1. The number of anilines is 2. The van der Waals surface area contributed by atoms with E-state index in [2.05, 4.69) is 48.4 Å². The maximum absolute atomic E-state index is 12.7. The normalized spacial score (nSPS) is 15.1. The number of nitrogens with one attached hydrogen (secondary N) is 1. The molecule has 1 aliphatic heterocycles. The minimum atomic E-state index is 0.0909. The number of rotatable bonds is 4. The number of likely N-dealkylation sites (tertiary alicyclic amines) is 1. The Hall–Kier alpha value is -2.36. The van der Waals surface area contributed by atoms with Gasteiger partial charge in [0.15, 0.2) is 0 Å². The molecule has 1 aliphatic rings. The molecule has 1 aromatic carbocycles. The number of amides is 1. The van der Waals surface area contributed by atoms with Gasteiger partial charge in [0, 0.05) is 25.0 Å². The van der Waals surface area contributed by atoms with Crippen molar-refractivity contribution >= 4 is 17.3 Å². The van der Waals surface area contributed by atoms with E-state index in [9.17, 15) is 4.79 Å². The molecule has 1 fully saturated rings. The number of hydrogen-bond donors (Lipinski definition) is 1. The van der Waals surface area contributed by atoms with E-state index < -0.39 is 0 Å². The largest absolute Gasteiger partial charge is 0.354 e. The van der Waals surface area contributed by atoms with Gasteiger partial charge in [-0.05, 0) is 42.5 Å². The zero-order valence-corrected chi connectivity index (χ0v) is 15.2. The van der Waals surface area contributed by atoms with Gasteiger partial charge in [-0.2, -0.15) is 0 Å². The summed E-state index contributed by atoms with van der Waals surface area (Å²) >= 11 is 0.